The number of nitro benzene ring substituents is 1. The van der Waals surface area contributed by atoms with Crippen molar-refractivity contribution in [2.75, 3.05) is 124 Å². The average molecular weight is 1030 g/mol. The summed E-state index contributed by atoms with van der Waals surface area (Å²) < 4.78 is 53.8. The molecule has 3 rings (SSSR count). The largest absolute Gasteiger partial charge is 0.514 e. The van der Waals surface area contributed by atoms with Gasteiger partial charge in [-0.25, -0.2) is 4.79 Å². The molecule has 0 saturated heterocycles. The maximum Gasteiger partial charge on any atom is 0.514 e. The molecule has 73 heavy (non-hydrogen) atoms. The molecule has 1 heterocycles. The molecule has 6 amide bonds. The number of nitrogens with zero attached hydrogens (tertiary/aromatic N) is 2. The Morgan fingerprint density at radius 3 is 1.55 bits per heavy atom. The van der Waals surface area contributed by atoms with E-state index in [9.17, 15) is 43.7 Å². The van der Waals surface area contributed by atoms with E-state index < -0.39 is 52.7 Å². The summed E-state index contributed by atoms with van der Waals surface area (Å²) in [6, 6.07) is 9.49. The van der Waals surface area contributed by atoms with Crippen LogP contribution < -0.4 is 26.0 Å². The van der Waals surface area contributed by atoms with E-state index in [2.05, 4.69) is 21.3 Å². The van der Waals surface area contributed by atoms with Crippen molar-refractivity contribution in [3.8, 4) is 5.75 Å². The van der Waals surface area contributed by atoms with E-state index in [1.807, 2.05) is 0 Å². The smallest absolute Gasteiger partial charge is 0.429 e. The summed E-state index contributed by atoms with van der Waals surface area (Å²) in [6.45, 7) is 10.9. The quantitative estimate of drug-likeness (QED) is 0.0185. The zero-order valence-corrected chi connectivity index (χ0v) is 41.5. The minimum absolute atomic E-state index is 0.0102. The molecule has 0 unspecified atom stereocenters. The fourth-order valence-corrected chi connectivity index (χ4v) is 6.01. The van der Waals surface area contributed by atoms with Crippen molar-refractivity contribution in [1.82, 2.24) is 20.9 Å². The SMILES string of the molecule is CC(C)[C@H](NC(=O)CCOCCOCCOCCOCCOCCOCCOCCOCCNC(=O)CCN1C(=O)C=CC1=O)C(=O)N[C@@H](C)C(=O)Nc1ccc(COC(=O)Oc2ccc([N+](=O)[O-])cc2)cc1. The first-order valence-electron chi connectivity index (χ1n) is 23.7. The monoisotopic (exact) mass is 1030 g/mol. The van der Waals surface area contributed by atoms with Gasteiger partial charge < -0.3 is 68.6 Å². The van der Waals surface area contributed by atoms with Gasteiger partial charge in [0.15, 0.2) is 0 Å². The highest BCUT2D eigenvalue weighted by molar-refractivity contribution is 6.13. The predicted molar refractivity (Wildman–Crippen MR) is 258 cm³/mol. The van der Waals surface area contributed by atoms with E-state index in [-0.39, 0.29) is 62.5 Å². The van der Waals surface area contributed by atoms with Gasteiger partial charge in [-0.2, -0.15) is 0 Å². The number of imide groups is 1. The van der Waals surface area contributed by atoms with Gasteiger partial charge >= 0.3 is 6.16 Å². The van der Waals surface area contributed by atoms with Crippen LogP contribution in [0.4, 0.5) is 16.2 Å². The van der Waals surface area contributed by atoms with Crippen molar-refractivity contribution in [2.24, 2.45) is 5.92 Å². The Hall–Kier alpha value is -6.45. The van der Waals surface area contributed by atoms with Crippen LogP contribution in [0.5, 0.6) is 5.75 Å². The molecule has 2 aromatic carbocycles. The number of rotatable bonds is 40. The Bertz CT molecular complexity index is 2020. The molecule has 1 aliphatic rings. The molecule has 0 aliphatic carbocycles. The van der Waals surface area contributed by atoms with Crippen molar-refractivity contribution in [3.05, 3.63) is 76.4 Å². The molecule has 25 heteroatoms. The number of ether oxygens (including phenoxy) is 10. The van der Waals surface area contributed by atoms with Crippen molar-refractivity contribution < 1.29 is 85.9 Å². The first-order valence-corrected chi connectivity index (χ1v) is 23.7. The summed E-state index contributed by atoms with van der Waals surface area (Å²) in [5.41, 5.74) is 0.854. The highest BCUT2D eigenvalue weighted by Crippen LogP contribution is 2.18. The Labute approximate surface area is 423 Å². The number of carbonyl (C=O) groups excluding carboxylic acids is 7. The summed E-state index contributed by atoms with van der Waals surface area (Å²) in [7, 11) is 0. The first kappa shape index (κ1) is 60.9. The summed E-state index contributed by atoms with van der Waals surface area (Å²) >= 11 is 0. The summed E-state index contributed by atoms with van der Waals surface area (Å²) in [5, 5.41) is 21.5. The Morgan fingerprint density at radius 2 is 1.07 bits per heavy atom. The van der Waals surface area contributed by atoms with Crippen LogP contribution in [0.1, 0.15) is 39.2 Å². The van der Waals surface area contributed by atoms with Crippen LogP contribution in [0.15, 0.2) is 60.7 Å². The van der Waals surface area contributed by atoms with E-state index in [4.69, 9.17) is 47.4 Å². The number of nitro groups is 1. The molecular weight excluding hydrogens is 965 g/mol. The third kappa shape index (κ3) is 27.3. The van der Waals surface area contributed by atoms with E-state index in [0.717, 1.165) is 4.90 Å². The molecule has 2 aromatic rings. The lowest BCUT2D eigenvalue weighted by Gasteiger charge is -2.24. The van der Waals surface area contributed by atoms with Gasteiger partial charge in [0, 0.05) is 55.9 Å². The number of hydrogen-bond donors (Lipinski definition) is 4. The average Bonchev–Trinajstić information content (AvgIpc) is 3.69. The molecular formula is C48H68N6O19. The molecule has 2 atom stereocenters. The van der Waals surface area contributed by atoms with Crippen LogP contribution in [0, 0.1) is 16.0 Å². The maximum atomic E-state index is 13.1. The molecule has 0 aromatic heterocycles. The molecule has 25 nitrogen and oxygen atoms in total. The summed E-state index contributed by atoms with van der Waals surface area (Å²) in [4.78, 5) is 96.6. The molecule has 0 radical (unpaired) electrons. The molecule has 404 valence electrons. The second-order valence-electron chi connectivity index (χ2n) is 16.0. The van der Waals surface area contributed by atoms with Gasteiger partial charge in [-0.15, -0.1) is 0 Å². The number of non-ortho nitro benzene ring substituents is 1. The molecule has 0 fully saturated rings. The molecule has 4 N–H and O–H groups in total. The second-order valence-corrected chi connectivity index (χ2v) is 16.0. The van der Waals surface area contributed by atoms with Crippen LogP contribution in [-0.2, 0) is 78.0 Å². The van der Waals surface area contributed by atoms with E-state index in [0.29, 0.717) is 110 Å². The van der Waals surface area contributed by atoms with Gasteiger partial charge in [0.25, 0.3) is 17.5 Å². The van der Waals surface area contributed by atoms with Gasteiger partial charge in [0.2, 0.25) is 23.6 Å². The van der Waals surface area contributed by atoms with E-state index in [1.165, 1.54) is 43.3 Å². The Morgan fingerprint density at radius 1 is 0.589 bits per heavy atom. The lowest BCUT2D eigenvalue weighted by Crippen LogP contribution is -2.53. The van der Waals surface area contributed by atoms with Crippen molar-refractivity contribution >= 4 is 53.0 Å². The van der Waals surface area contributed by atoms with Crippen molar-refractivity contribution in [2.45, 2.75) is 52.3 Å². The fourth-order valence-electron chi connectivity index (χ4n) is 6.01. The number of benzene rings is 2. The number of amides is 6. The normalized spacial score (nSPS) is 12.9. The highest BCUT2D eigenvalue weighted by atomic mass is 16.7. The van der Waals surface area contributed by atoms with Gasteiger partial charge in [-0.1, -0.05) is 26.0 Å². The van der Waals surface area contributed by atoms with Gasteiger partial charge in [0.1, 0.15) is 24.4 Å². The Kier molecular flexibility index (Phi) is 30.4. The van der Waals surface area contributed by atoms with Crippen LogP contribution in [0.2, 0.25) is 0 Å². The van der Waals surface area contributed by atoms with Crippen molar-refractivity contribution in [3.63, 3.8) is 0 Å². The van der Waals surface area contributed by atoms with Gasteiger partial charge in [-0.3, -0.25) is 43.8 Å². The van der Waals surface area contributed by atoms with Crippen LogP contribution in [0.25, 0.3) is 0 Å². The molecule has 0 saturated carbocycles. The van der Waals surface area contributed by atoms with Crippen LogP contribution >= 0.6 is 0 Å². The fraction of sp³-hybridized carbons (Fsp3) is 0.562. The second kappa shape index (κ2) is 36.5. The third-order valence-electron chi connectivity index (χ3n) is 9.95. The van der Waals surface area contributed by atoms with E-state index in [1.54, 1.807) is 38.1 Å². The number of nitrogens with one attached hydrogen (secondary N) is 4. The van der Waals surface area contributed by atoms with Gasteiger partial charge in [0.05, 0.1) is 111 Å². The zero-order chi connectivity index (χ0) is 53.1. The van der Waals surface area contributed by atoms with E-state index >= 15 is 0 Å². The summed E-state index contributed by atoms with van der Waals surface area (Å²) in [6.07, 6.45) is 1.39. The highest BCUT2D eigenvalue weighted by Gasteiger charge is 2.27. The lowest BCUT2D eigenvalue weighted by molar-refractivity contribution is -0.384. The predicted octanol–water partition coefficient (Wildman–Crippen LogP) is 1.85. The number of carbonyl (C=O) groups is 7. The minimum Gasteiger partial charge on any atom is -0.429 e. The standard InChI is InChI=1S/C48H68N6O19/c1-35(2)45(47(60)50-36(3)46(59)51-38-6-4-37(5-7-38)34-72-48(61)73-40-10-8-39(9-11-40)54(62)63)52-42(56)15-18-64-20-22-66-24-26-68-28-30-70-32-33-71-31-29-69-27-25-67-23-21-65-19-16-49-41(55)14-17-53-43(57)12-13-44(53)58/h4-13,35-36,45H,14-34H2,1-3H3,(H,49,55)(H,50,60)(H,51,59)(H,52,56)/t36-,45-/m0/s1. The first-order chi connectivity index (χ1) is 35.2. The lowest BCUT2D eigenvalue weighted by atomic mass is 10.0. The zero-order valence-electron chi connectivity index (χ0n) is 41.5. The minimum atomic E-state index is -1.01. The topological polar surface area (TPSA) is 306 Å². The van der Waals surface area contributed by atoms with Crippen molar-refractivity contribution in [1.29, 1.82) is 0 Å². The van der Waals surface area contributed by atoms with Gasteiger partial charge in [-0.05, 0) is 42.7 Å². The summed E-state index contributed by atoms with van der Waals surface area (Å²) in [5.74, 6) is -2.73. The molecule has 1 aliphatic heterocycles. The van der Waals surface area contributed by atoms with Crippen LogP contribution in [0.3, 0.4) is 0 Å². The molecule has 0 spiro atoms. The Balaban J connectivity index is 1.06. The number of hydrogen-bond acceptors (Lipinski definition) is 19. The third-order valence-corrected chi connectivity index (χ3v) is 9.95. The number of anilines is 1. The maximum absolute atomic E-state index is 13.1. The van der Waals surface area contributed by atoms with Crippen LogP contribution in [-0.4, -0.2) is 182 Å². The molecule has 0 bridgehead atoms.